The molecule has 6 heteroatoms. The number of pyridine rings is 1. The molecule has 0 aliphatic heterocycles. The molecule has 27 heavy (non-hydrogen) atoms. The summed E-state index contributed by atoms with van der Waals surface area (Å²) in [5.74, 6) is 0.283. The van der Waals surface area contributed by atoms with Gasteiger partial charge in [-0.05, 0) is 36.8 Å². The number of ether oxygens (including phenoxy) is 1. The molecule has 0 aliphatic rings. The Morgan fingerprint density at radius 1 is 1.11 bits per heavy atom. The molecule has 1 atom stereocenters. The van der Waals surface area contributed by atoms with Crippen LogP contribution in [0.1, 0.15) is 32.0 Å². The van der Waals surface area contributed by atoms with Crippen LogP contribution in [0.4, 0.5) is 0 Å². The molecule has 6 nitrogen and oxygen atoms in total. The number of methoxy groups -OCH3 is 1. The zero-order valence-electron chi connectivity index (χ0n) is 16.3. The number of hydrogen-bond donors (Lipinski definition) is 1. The average molecular weight is 369 g/mol. The summed E-state index contributed by atoms with van der Waals surface area (Å²) in [6.07, 6.45) is 1.68. The molecule has 144 valence electrons. The van der Waals surface area contributed by atoms with E-state index in [1.54, 1.807) is 25.1 Å². The van der Waals surface area contributed by atoms with E-state index in [2.05, 4.69) is 10.3 Å². The molecule has 0 bridgehead atoms. The highest BCUT2D eigenvalue weighted by Gasteiger charge is 2.27. The maximum absolute atomic E-state index is 12.7. The van der Waals surface area contributed by atoms with Crippen LogP contribution in [0, 0.1) is 5.92 Å². The number of hydrogen-bond acceptors (Lipinski definition) is 4. The van der Waals surface area contributed by atoms with Crippen molar-refractivity contribution in [1.29, 1.82) is 0 Å². The number of benzene rings is 1. The number of carbonyl (C=O) groups is 2. The van der Waals surface area contributed by atoms with Crippen molar-refractivity contribution in [3.05, 3.63) is 59.9 Å². The predicted molar refractivity (Wildman–Crippen MR) is 104 cm³/mol. The van der Waals surface area contributed by atoms with E-state index < -0.39 is 6.04 Å². The predicted octanol–water partition coefficient (Wildman–Crippen LogP) is 2.78. The fourth-order valence-corrected chi connectivity index (χ4v) is 2.63. The van der Waals surface area contributed by atoms with Crippen molar-refractivity contribution in [2.45, 2.75) is 39.9 Å². The number of nitrogens with one attached hydrogen (secondary N) is 1. The van der Waals surface area contributed by atoms with E-state index in [-0.39, 0.29) is 17.7 Å². The topological polar surface area (TPSA) is 71.5 Å². The third kappa shape index (κ3) is 5.81. The summed E-state index contributed by atoms with van der Waals surface area (Å²) in [5.41, 5.74) is 1.71. The molecule has 2 rings (SSSR count). The Balaban J connectivity index is 2.09. The monoisotopic (exact) mass is 369 g/mol. The molecule has 0 fully saturated rings. The summed E-state index contributed by atoms with van der Waals surface area (Å²) in [6, 6.07) is 12.4. The van der Waals surface area contributed by atoms with Gasteiger partial charge in [0, 0.05) is 18.7 Å². The first-order valence-corrected chi connectivity index (χ1v) is 9.03. The van der Waals surface area contributed by atoms with Gasteiger partial charge < -0.3 is 15.0 Å². The standard InChI is InChI=1S/C21H27N3O3/c1-15(2)21(26)24(14-17-8-10-19(27-4)11-9-17)16(3)20(25)23-13-18-7-5-6-12-22-18/h5-12,15-16H,13-14H2,1-4H3,(H,23,25)/t16-/m0/s1. The van der Waals surface area contributed by atoms with Crippen molar-refractivity contribution >= 4 is 11.8 Å². The Hall–Kier alpha value is -2.89. The van der Waals surface area contributed by atoms with Gasteiger partial charge in [0.25, 0.3) is 0 Å². The van der Waals surface area contributed by atoms with Gasteiger partial charge in [-0.3, -0.25) is 14.6 Å². The molecular weight excluding hydrogens is 342 g/mol. The Kier molecular flexibility index (Phi) is 7.34. The van der Waals surface area contributed by atoms with E-state index in [0.717, 1.165) is 17.0 Å². The van der Waals surface area contributed by atoms with Crippen LogP contribution < -0.4 is 10.1 Å². The van der Waals surface area contributed by atoms with Crippen molar-refractivity contribution in [3.8, 4) is 5.75 Å². The van der Waals surface area contributed by atoms with Crippen LogP contribution in [0.25, 0.3) is 0 Å². The lowest BCUT2D eigenvalue weighted by Gasteiger charge is -2.30. The zero-order chi connectivity index (χ0) is 19.8. The third-order valence-corrected chi connectivity index (χ3v) is 4.31. The first-order chi connectivity index (χ1) is 12.9. The van der Waals surface area contributed by atoms with Gasteiger partial charge in [0.15, 0.2) is 0 Å². The van der Waals surface area contributed by atoms with Gasteiger partial charge in [-0.1, -0.05) is 32.0 Å². The smallest absolute Gasteiger partial charge is 0.242 e. The molecule has 0 aliphatic carbocycles. The molecule has 0 unspecified atom stereocenters. The van der Waals surface area contributed by atoms with Crippen molar-refractivity contribution < 1.29 is 14.3 Å². The summed E-state index contributed by atoms with van der Waals surface area (Å²) in [7, 11) is 1.61. The van der Waals surface area contributed by atoms with E-state index in [1.807, 2.05) is 56.3 Å². The average Bonchev–Trinajstić information content (AvgIpc) is 2.70. The van der Waals surface area contributed by atoms with Gasteiger partial charge in [-0.15, -0.1) is 0 Å². The van der Waals surface area contributed by atoms with E-state index in [4.69, 9.17) is 4.74 Å². The van der Waals surface area contributed by atoms with Gasteiger partial charge in [0.1, 0.15) is 11.8 Å². The molecule has 0 spiro atoms. The Morgan fingerprint density at radius 2 is 1.81 bits per heavy atom. The van der Waals surface area contributed by atoms with Crippen LogP contribution in [-0.4, -0.2) is 34.8 Å². The highest BCUT2D eigenvalue weighted by atomic mass is 16.5. The van der Waals surface area contributed by atoms with Crippen LogP contribution in [0.2, 0.25) is 0 Å². The Bertz CT molecular complexity index is 745. The molecule has 2 aromatic rings. The number of amides is 2. The van der Waals surface area contributed by atoms with E-state index >= 15 is 0 Å². The summed E-state index contributed by atoms with van der Waals surface area (Å²) < 4.78 is 5.17. The zero-order valence-corrected chi connectivity index (χ0v) is 16.3. The first kappa shape index (κ1) is 20.4. The molecule has 1 N–H and O–H groups in total. The Morgan fingerprint density at radius 3 is 2.37 bits per heavy atom. The quantitative estimate of drug-likeness (QED) is 0.777. The third-order valence-electron chi connectivity index (χ3n) is 4.31. The number of aromatic nitrogens is 1. The van der Waals surface area contributed by atoms with Crippen molar-refractivity contribution in [1.82, 2.24) is 15.2 Å². The van der Waals surface area contributed by atoms with Crippen LogP contribution in [0.15, 0.2) is 48.7 Å². The molecule has 2 amide bonds. The Labute approximate surface area is 160 Å². The first-order valence-electron chi connectivity index (χ1n) is 9.03. The van der Waals surface area contributed by atoms with Crippen LogP contribution in [0.5, 0.6) is 5.75 Å². The van der Waals surface area contributed by atoms with E-state index in [1.165, 1.54) is 0 Å². The number of rotatable bonds is 8. The summed E-state index contributed by atoms with van der Waals surface area (Å²) in [5, 5.41) is 2.86. The summed E-state index contributed by atoms with van der Waals surface area (Å²) in [4.78, 5) is 31.1. The minimum absolute atomic E-state index is 0.0636. The lowest BCUT2D eigenvalue weighted by Crippen LogP contribution is -2.48. The van der Waals surface area contributed by atoms with Gasteiger partial charge >= 0.3 is 0 Å². The van der Waals surface area contributed by atoms with Gasteiger partial charge in [0.2, 0.25) is 11.8 Å². The summed E-state index contributed by atoms with van der Waals surface area (Å²) in [6.45, 7) is 6.11. The molecule has 0 saturated carbocycles. The molecular formula is C21H27N3O3. The number of nitrogens with zero attached hydrogens (tertiary/aromatic N) is 2. The SMILES string of the molecule is COc1ccc(CN(C(=O)C(C)C)[C@@H](C)C(=O)NCc2ccccn2)cc1. The second-order valence-corrected chi connectivity index (χ2v) is 6.68. The molecule has 1 aromatic carbocycles. The van der Waals surface area contributed by atoms with E-state index in [0.29, 0.717) is 13.1 Å². The van der Waals surface area contributed by atoms with Gasteiger partial charge in [0.05, 0.1) is 19.3 Å². The second kappa shape index (κ2) is 9.71. The van der Waals surface area contributed by atoms with Crippen LogP contribution in [0.3, 0.4) is 0 Å². The molecule has 1 heterocycles. The lowest BCUT2D eigenvalue weighted by molar-refractivity contribution is -0.143. The summed E-state index contributed by atoms with van der Waals surface area (Å²) >= 11 is 0. The fourth-order valence-electron chi connectivity index (χ4n) is 2.63. The molecule has 0 saturated heterocycles. The van der Waals surface area contributed by atoms with E-state index in [9.17, 15) is 9.59 Å². The van der Waals surface area contributed by atoms with Gasteiger partial charge in [-0.25, -0.2) is 0 Å². The van der Waals surface area contributed by atoms with Crippen LogP contribution >= 0.6 is 0 Å². The van der Waals surface area contributed by atoms with Gasteiger partial charge in [-0.2, -0.15) is 0 Å². The largest absolute Gasteiger partial charge is 0.497 e. The minimum Gasteiger partial charge on any atom is -0.497 e. The van der Waals surface area contributed by atoms with Crippen molar-refractivity contribution in [2.75, 3.05) is 7.11 Å². The minimum atomic E-state index is -0.592. The normalized spacial score (nSPS) is 11.7. The molecule has 1 aromatic heterocycles. The maximum Gasteiger partial charge on any atom is 0.242 e. The highest BCUT2D eigenvalue weighted by molar-refractivity contribution is 5.88. The van der Waals surface area contributed by atoms with Crippen molar-refractivity contribution in [3.63, 3.8) is 0 Å². The second-order valence-electron chi connectivity index (χ2n) is 6.68. The number of carbonyl (C=O) groups excluding carboxylic acids is 2. The van der Waals surface area contributed by atoms with Crippen molar-refractivity contribution in [2.24, 2.45) is 5.92 Å². The fraction of sp³-hybridized carbons (Fsp3) is 0.381. The maximum atomic E-state index is 12.7. The lowest BCUT2D eigenvalue weighted by atomic mass is 10.1. The highest BCUT2D eigenvalue weighted by Crippen LogP contribution is 2.16. The molecule has 0 radical (unpaired) electrons. The van der Waals surface area contributed by atoms with Crippen LogP contribution in [-0.2, 0) is 22.7 Å².